The topological polar surface area (TPSA) is 0 Å². The number of allylic oxidation sites excluding steroid dienone is 4. The lowest BCUT2D eigenvalue weighted by atomic mass is 9.78. The maximum atomic E-state index is 4.32. The maximum Gasteiger partial charge on any atom is 0.0146 e. The summed E-state index contributed by atoms with van der Waals surface area (Å²) in [5, 5.41) is 2.65. The second-order valence-electron chi connectivity index (χ2n) is 11.0. The van der Waals surface area contributed by atoms with Crippen LogP contribution in [0.5, 0.6) is 0 Å². The van der Waals surface area contributed by atoms with E-state index in [0.717, 1.165) is 22.3 Å². The second kappa shape index (κ2) is 8.60. The van der Waals surface area contributed by atoms with E-state index in [1.54, 1.807) is 0 Å². The molecular formula is C37H36. The first-order chi connectivity index (χ1) is 17.5. The normalized spacial score (nSPS) is 13.9. The molecule has 2 aliphatic rings. The molecule has 37 heavy (non-hydrogen) atoms. The van der Waals surface area contributed by atoms with E-state index >= 15 is 0 Å². The number of benzene rings is 4. The Balaban J connectivity index is 0.000000164. The van der Waals surface area contributed by atoms with Gasteiger partial charge in [0, 0.05) is 5.41 Å². The molecule has 0 aromatic heterocycles. The smallest absolute Gasteiger partial charge is 0.0146 e. The summed E-state index contributed by atoms with van der Waals surface area (Å²) in [7, 11) is 0. The maximum absolute atomic E-state index is 4.32. The van der Waals surface area contributed by atoms with E-state index in [1.165, 1.54) is 66.4 Å². The molecule has 0 N–H and O–H groups in total. The first-order valence-corrected chi connectivity index (χ1v) is 13.0. The largest absolute Gasteiger partial charge is 0.0905 e. The summed E-state index contributed by atoms with van der Waals surface area (Å²) < 4.78 is 0. The molecule has 0 aliphatic heterocycles. The zero-order valence-electron chi connectivity index (χ0n) is 23.1. The second-order valence-corrected chi connectivity index (χ2v) is 11.0. The predicted octanol–water partition coefficient (Wildman–Crippen LogP) is 10.2. The van der Waals surface area contributed by atoms with Gasteiger partial charge in [-0.15, -0.1) is 0 Å². The molecule has 0 spiro atoms. The van der Waals surface area contributed by atoms with Crippen LogP contribution in [0.3, 0.4) is 0 Å². The van der Waals surface area contributed by atoms with E-state index < -0.39 is 0 Å². The molecule has 0 saturated carbocycles. The summed E-state index contributed by atoms with van der Waals surface area (Å²) >= 11 is 0. The quantitative estimate of drug-likeness (QED) is 0.268. The van der Waals surface area contributed by atoms with Crippen molar-refractivity contribution in [1.29, 1.82) is 0 Å². The zero-order chi connectivity index (χ0) is 26.8. The van der Waals surface area contributed by atoms with E-state index in [2.05, 4.69) is 129 Å². The van der Waals surface area contributed by atoms with E-state index in [-0.39, 0.29) is 5.41 Å². The molecule has 184 valence electrons. The van der Waals surface area contributed by atoms with Crippen molar-refractivity contribution >= 4 is 33.1 Å². The Kier molecular flexibility index (Phi) is 5.76. The highest BCUT2D eigenvalue weighted by Gasteiger charge is 2.35. The number of hydrogen-bond acceptors (Lipinski definition) is 0. The minimum atomic E-state index is 0.0858. The third-order valence-corrected chi connectivity index (χ3v) is 8.80. The standard InChI is InChI=1S/C22H20.C15H16/c1-9-10(2)18-15(7)16(8)20-12(4)11(3)19-14(6)13(5)17(9)21(18)22(19)20;1-15(2,13-9-5-3-6-10-13)14-11-7-4-8-12-14/h1-4H2,5-8H3;3-12H,1-2H3. The Hall–Kier alpha value is -3.90. The fourth-order valence-corrected chi connectivity index (χ4v) is 6.24. The van der Waals surface area contributed by atoms with Crippen LogP contribution in [0.2, 0.25) is 0 Å². The van der Waals surface area contributed by atoms with Gasteiger partial charge in [-0.1, -0.05) is 101 Å². The Labute approximate surface area is 222 Å². The van der Waals surface area contributed by atoms with Crippen molar-refractivity contribution in [2.45, 2.75) is 47.0 Å². The summed E-state index contributed by atoms with van der Waals surface area (Å²) in [6.07, 6.45) is 0. The summed E-state index contributed by atoms with van der Waals surface area (Å²) in [4.78, 5) is 0. The van der Waals surface area contributed by atoms with Crippen molar-refractivity contribution < 1.29 is 0 Å². The first-order valence-electron chi connectivity index (χ1n) is 13.0. The van der Waals surface area contributed by atoms with Crippen LogP contribution >= 0.6 is 0 Å². The van der Waals surface area contributed by atoms with Gasteiger partial charge >= 0.3 is 0 Å². The highest BCUT2D eigenvalue weighted by atomic mass is 14.4. The average molecular weight is 481 g/mol. The summed E-state index contributed by atoms with van der Waals surface area (Å²) in [6.45, 7) is 30.6. The van der Waals surface area contributed by atoms with E-state index in [4.69, 9.17) is 0 Å². The number of hydrogen-bond donors (Lipinski definition) is 0. The molecule has 4 aromatic carbocycles. The van der Waals surface area contributed by atoms with Crippen LogP contribution in [0.4, 0.5) is 0 Å². The lowest BCUT2D eigenvalue weighted by Crippen LogP contribution is -2.18. The SMILES string of the molecule is C=C1C(=C)c2c(C)c(C)c3c4c(c(C)c(C)c1c24)C(=C)C3=C.CC(C)(c1ccccc1)c1ccccc1. The minimum Gasteiger partial charge on any atom is -0.0905 e. The summed E-state index contributed by atoms with van der Waals surface area (Å²) in [5.74, 6) is 0. The lowest BCUT2D eigenvalue weighted by Gasteiger charge is -2.25. The molecule has 0 amide bonds. The van der Waals surface area contributed by atoms with Gasteiger partial charge in [-0.05, 0) is 116 Å². The molecule has 2 aliphatic carbocycles. The average Bonchev–Trinajstić information content (AvgIpc) is 3.32. The third kappa shape index (κ3) is 3.43. The van der Waals surface area contributed by atoms with Crippen molar-refractivity contribution in [3.05, 3.63) is 143 Å². The highest BCUT2D eigenvalue weighted by Crippen LogP contribution is 2.57. The molecular weight excluding hydrogens is 444 g/mol. The van der Waals surface area contributed by atoms with Crippen LogP contribution in [-0.2, 0) is 5.41 Å². The Morgan fingerprint density at radius 3 is 0.919 bits per heavy atom. The van der Waals surface area contributed by atoms with Crippen molar-refractivity contribution in [2.24, 2.45) is 0 Å². The molecule has 0 bridgehead atoms. The van der Waals surface area contributed by atoms with Gasteiger partial charge < -0.3 is 0 Å². The third-order valence-electron chi connectivity index (χ3n) is 8.80. The Morgan fingerprint density at radius 1 is 0.432 bits per heavy atom. The van der Waals surface area contributed by atoms with Crippen LogP contribution in [0, 0.1) is 27.7 Å². The van der Waals surface area contributed by atoms with Crippen molar-refractivity contribution in [1.82, 2.24) is 0 Å². The molecule has 0 heterocycles. The molecule has 0 heteroatoms. The van der Waals surface area contributed by atoms with Crippen LogP contribution in [0.15, 0.2) is 87.0 Å². The molecule has 4 aromatic rings. The fraction of sp³-hybridized carbons (Fsp3) is 0.189. The summed E-state index contributed by atoms with van der Waals surface area (Å²) in [6, 6.07) is 21.3. The predicted molar refractivity (Wildman–Crippen MR) is 164 cm³/mol. The van der Waals surface area contributed by atoms with Gasteiger partial charge in [0.05, 0.1) is 0 Å². The summed E-state index contributed by atoms with van der Waals surface area (Å²) in [5.41, 5.74) is 17.4. The van der Waals surface area contributed by atoms with Gasteiger partial charge in [0.15, 0.2) is 0 Å². The van der Waals surface area contributed by atoms with Crippen molar-refractivity contribution in [3.8, 4) is 0 Å². The molecule has 6 rings (SSSR count). The number of rotatable bonds is 2. The molecule has 0 unspecified atom stereocenters. The van der Waals surface area contributed by atoms with E-state index in [0.29, 0.717) is 0 Å². The minimum absolute atomic E-state index is 0.0858. The van der Waals surface area contributed by atoms with E-state index in [1.807, 2.05) is 0 Å². The van der Waals surface area contributed by atoms with Gasteiger partial charge in [-0.25, -0.2) is 0 Å². The lowest BCUT2D eigenvalue weighted by molar-refractivity contribution is 0.641. The van der Waals surface area contributed by atoms with Crippen molar-refractivity contribution in [3.63, 3.8) is 0 Å². The highest BCUT2D eigenvalue weighted by molar-refractivity contribution is 6.31. The van der Waals surface area contributed by atoms with Crippen LogP contribution < -0.4 is 0 Å². The van der Waals surface area contributed by atoms with Crippen LogP contribution in [-0.4, -0.2) is 0 Å². The van der Waals surface area contributed by atoms with Gasteiger partial charge in [0.25, 0.3) is 0 Å². The van der Waals surface area contributed by atoms with Gasteiger partial charge in [-0.3, -0.25) is 0 Å². The van der Waals surface area contributed by atoms with Crippen molar-refractivity contribution in [2.75, 3.05) is 0 Å². The Morgan fingerprint density at radius 2 is 0.676 bits per heavy atom. The first kappa shape index (κ1) is 24.8. The molecule has 0 atom stereocenters. The molecule has 0 radical (unpaired) electrons. The van der Waals surface area contributed by atoms with Gasteiger partial charge in [-0.2, -0.15) is 0 Å². The molecule has 0 nitrogen and oxygen atoms in total. The Bertz CT molecular complexity index is 1450. The monoisotopic (exact) mass is 480 g/mol. The van der Waals surface area contributed by atoms with Crippen LogP contribution in [0.1, 0.15) is 69.5 Å². The van der Waals surface area contributed by atoms with Crippen LogP contribution in [0.25, 0.3) is 33.1 Å². The molecule has 0 saturated heterocycles. The van der Waals surface area contributed by atoms with Gasteiger partial charge in [0.1, 0.15) is 0 Å². The zero-order valence-corrected chi connectivity index (χ0v) is 23.1. The fourth-order valence-electron chi connectivity index (χ4n) is 6.24. The van der Waals surface area contributed by atoms with E-state index in [9.17, 15) is 0 Å². The van der Waals surface area contributed by atoms with Gasteiger partial charge in [0.2, 0.25) is 0 Å². The molecule has 0 fully saturated rings.